The lowest BCUT2D eigenvalue weighted by Crippen LogP contribution is -2.47. The Morgan fingerprint density at radius 2 is 2.10 bits per heavy atom. The van der Waals surface area contributed by atoms with Crippen LogP contribution in [0.4, 0.5) is 4.39 Å². The molecule has 1 amide bonds. The summed E-state index contributed by atoms with van der Waals surface area (Å²) in [4.78, 5) is 14.0. The van der Waals surface area contributed by atoms with Crippen LogP contribution in [0.25, 0.3) is 0 Å². The zero-order valence-electron chi connectivity index (χ0n) is 11.6. The molecule has 1 heterocycles. The second-order valence-electron chi connectivity index (χ2n) is 5.43. The number of hydrogen-bond acceptors (Lipinski definition) is 3. The first-order chi connectivity index (χ1) is 9.89. The monoisotopic (exact) mass is 357 g/mol. The van der Waals surface area contributed by atoms with Crippen LogP contribution in [0.5, 0.6) is 0 Å². The van der Waals surface area contributed by atoms with Gasteiger partial charge in [0, 0.05) is 23.0 Å². The summed E-state index contributed by atoms with van der Waals surface area (Å²) in [6.45, 7) is 2.77. The number of rotatable bonds is 2. The van der Waals surface area contributed by atoms with Crippen molar-refractivity contribution in [2.75, 3.05) is 13.1 Å². The SMILES string of the molecule is CC1(/C(N)=N/O)CCN(C(=O)c2c(F)cccc2Br)CC1. The summed E-state index contributed by atoms with van der Waals surface area (Å²) in [5.41, 5.74) is 5.31. The number of carbonyl (C=O) groups is 1. The molecule has 0 bridgehead atoms. The third kappa shape index (κ3) is 3.02. The number of hydrogen-bond donors (Lipinski definition) is 2. The number of piperidine rings is 1. The van der Waals surface area contributed by atoms with Crippen LogP contribution >= 0.6 is 15.9 Å². The molecule has 1 aromatic carbocycles. The summed E-state index contributed by atoms with van der Waals surface area (Å²) in [6, 6.07) is 4.45. The Morgan fingerprint density at radius 1 is 1.48 bits per heavy atom. The number of amidine groups is 1. The molecule has 1 aliphatic rings. The number of nitrogens with two attached hydrogens (primary N) is 1. The van der Waals surface area contributed by atoms with Crippen LogP contribution in [0, 0.1) is 11.2 Å². The summed E-state index contributed by atoms with van der Waals surface area (Å²) < 4.78 is 14.3. The standard InChI is InChI=1S/C14H17BrFN3O2/c1-14(13(17)18-21)5-7-19(8-6-14)12(20)11-9(15)3-2-4-10(11)16/h2-4,21H,5-8H2,1H3,(H2,17,18). The minimum Gasteiger partial charge on any atom is -0.409 e. The van der Waals surface area contributed by atoms with Crippen LogP contribution in [0.15, 0.2) is 27.8 Å². The zero-order valence-corrected chi connectivity index (χ0v) is 13.2. The molecule has 0 aromatic heterocycles. The van der Waals surface area contributed by atoms with E-state index in [1.807, 2.05) is 6.92 Å². The maximum Gasteiger partial charge on any atom is 0.257 e. The Balaban J connectivity index is 2.14. The number of oxime groups is 1. The molecule has 0 saturated carbocycles. The first kappa shape index (κ1) is 15.8. The van der Waals surface area contributed by atoms with Gasteiger partial charge in [0.2, 0.25) is 0 Å². The molecule has 21 heavy (non-hydrogen) atoms. The lowest BCUT2D eigenvalue weighted by atomic mass is 9.79. The highest BCUT2D eigenvalue weighted by molar-refractivity contribution is 9.10. The van der Waals surface area contributed by atoms with E-state index in [0.29, 0.717) is 30.4 Å². The van der Waals surface area contributed by atoms with E-state index < -0.39 is 11.2 Å². The lowest BCUT2D eigenvalue weighted by Gasteiger charge is -2.38. The number of nitrogens with zero attached hydrogens (tertiary/aromatic N) is 2. The Hall–Kier alpha value is -1.63. The summed E-state index contributed by atoms with van der Waals surface area (Å²) >= 11 is 3.21. The average molecular weight is 358 g/mol. The van der Waals surface area contributed by atoms with Crippen molar-refractivity contribution < 1.29 is 14.4 Å². The second-order valence-corrected chi connectivity index (χ2v) is 6.29. The topological polar surface area (TPSA) is 78.9 Å². The second kappa shape index (κ2) is 6.01. The fraction of sp³-hybridized carbons (Fsp3) is 0.429. The van der Waals surface area contributed by atoms with Crippen LogP contribution in [-0.4, -0.2) is 34.9 Å². The van der Waals surface area contributed by atoms with Gasteiger partial charge in [0.1, 0.15) is 11.7 Å². The third-order valence-electron chi connectivity index (χ3n) is 4.06. The molecule has 7 heteroatoms. The van der Waals surface area contributed by atoms with Crippen LogP contribution < -0.4 is 5.73 Å². The van der Waals surface area contributed by atoms with E-state index in [1.165, 1.54) is 6.07 Å². The number of carbonyl (C=O) groups excluding carboxylic acids is 1. The van der Waals surface area contributed by atoms with Crippen LogP contribution in [0.1, 0.15) is 30.1 Å². The minimum absolute atomic E-state index is 0.0462. The Kier molecular flexibility index (Phi) is 4.51. The van der Waals surface area contributed by atoms with Crippen LogP contribution in [-0.2, 0) is 0 Å². The highest BCUT2D eigenvalue weighted by atomic mass is 79.9. The molecule has 1 aromatic rings. The molecule has 0 atom stereocenters. The fourth-order valence-corrected chi connectivity index (χ4v) is 2.95. The molecule has 1 saturated heterocycles. The molecule has 3 N–H and O–H groups in total. The summed E-state index contributed by atoms with van der Waals surface area (Å²) in [7, 11) is 0. The van der Waals surface area contributed by atoms with Gasteiger partial charge >= 0.3 is 0 Å². The smallest absolute Gasteiger partial charge is 0.257 e. The molecule has 0 spiro atoms. The molecule has 1 fully saturated rings. The van der Waals surface area contributed by atoms with E-state index in [4.69, 9.17) is 10.9 Å². The van der Waals surface area contributed by atoms with Crippen molar-refractivity contribution in [3.63, 3.8) is 0 Å². The van der Waals surface area contributed by atoms with E-state index >= 15 is 0 Å². The van der Waals surface area contributed by atoms with Crippen molar-refractivity contribution in [2.24, 2.45) is 16.3 Å². The number of benzene rings is 1. The molecule has 0 unspecified atom stereocenters. The zero-order chi connectivity index (χ0) is 15.6. The van der Waals surface area contributed by atoms with Gasteiger partial charge in [-0.05, 0) is 40.9 Å². The Bertz CT molecular complexity index is 563. The minimum atomic E-state index is -0.542. The van der Waals surface area contributed by atoms with Crippen LogP contribution in [0.3, 0.4) is 0 Å². The molecule has 1 aliphatic heterocycles. The first-order valence-corrected chi connectivity index (χ1v) is 7.39. The summed E-state index contributed by atoms with van der Waals surface area (Å²) in [6.07, 6.45) is 1.14. The number of likely N-dealkylation sites (tertiary alicyclic amines) is 1. The quantitative estimate of drug-likeness (QED) is 0.369. The molecule has 114 valence electrons. The van der Waals surface area contributed by atoms with Gasteiger partial charge in [-0.15, -0.1) is 0 Å². The van der Waals surface area contributed by atoms with E-state index in [-0.39, 0.29) is 17.3 Å². The predicted molar refractivity (Wildman–Crippen MR) is 80.8 cm³/mol. The van der Waals surface area contributed by atoms with Crippen molar-refractivity contribution in [2.45, 2.75) is 19.8 Å². The third-order valence-corrected chi connectivity index (χ3v) is 4.72. The van der Waals surface area contributed by atoms with Gasteiger partial charge in [-0.1, -0.05) is 18.1 Å². The molecular formula is C14H17BrFN3O2. The Labute approximate surface area is 130 Å². The van der Waals surface area contributed by atoms with Gasteiger partial charge in [0.25, 0.3) is 5.91 Å². The van der Waals surface area contributed by atoms with Gasteiger partial charge in [0.15, 0.2) is 0 Å². The average Bonchev–Trinajstić information content (AvgIpc) is 2.46. The van der Waals surface area contributed by atoms with E-state index in [9.17, 15) is 9.18 Å². The highest BCUT2D eigenvalue weighted by Gasteiger charge is 2.36. The van der Waals surface area contributed by atoms with E-state index in [1.54, 1.807) is 17.0 Å². The van der Waals surface area contributed by atoms with E-state index in [2.05, 4.69) is 21.1 Å². The largest absolute Gasteiger partial charge is 0.409 e. The highest BCUT2D eigenvalue weighted by Crippen LogP contribution is 2.32. The lowest BCUT2D eigenvalue weighted by molar-refractivity contribution is 0.0661. The Morgan fingerprint density at radius 3 is 2.62 bits per heavy atom. The van der Waals surface area contributed by atoms with E-state index in [0.717, 1.165) is 0 Å². The van der Waals surface area contributed by atoms with Gasteiger partial charge < -0.3 is 15.8 Å². The van der Waals surface area contributed by atoms with Crippen molar-refractivity contribution in [3.8, 4) is 0 Å². The molecule has 0 aliphatic carbocycles. The molecular weight excluding hydrogens is 341 g/mol. The van der Waals surface area contributed by atoms with Gasteiger partial charge in [-0.25, -0.2) is 4.39 Å². The fourth-order valence-electron chi connectivity index (χ4n) is 2.44. The van der Waals surface area contributed by atoms with Gasteiger partial charge in [0.05, 0.1) is 5.56 Å². The number of halogens is 2. The van der Waals surface area contributed by atoms with Crippen LogP contribution in [0.2, 0.25) is 0 Å². The van der Waals surface area contributed by atoms with Gasteiger partial charge in [-0.2, -0.15) is 0 Å². The summed E-state index contributed by atoms with van der Waals surface area (Å²) in [5.74, 6) is -0.720. The molecule has 5 nitrogen and oxygen atoms in total. The molecule has 0 radical (unpaired) electrons. The van der Waals surface area contributed by atoms with Gasteiger partial charge in [-0.3, -0.25) is 4.79 Å². The molecule has 2 rings (SSSR count). The van der Waals surface area contributed by atoms with Crippen molar-refractivity contribution in [3.05, 3.63) is 34.1 Å². The maximum absolute atomic E-state index is 13.8. The van der Waals surface area contributed by atoms with Crippen molar-refractivity contribution in [1.82, 2.24) is 4.90 Å². The van der Waals surface area contributed by atoms with Crippen molar-refractivity contribution >= 4 is 27.7 Å². The maximum atomic E-state index is 13.8. The summed E-state index contributed by atoms with van der Waals surface area (Å²) in [5, 5.41) is 11.9. The first-order valence-electron chi connectivity index (χ1n) is 6.60. The number of amides is 1. The predicted octanol–water partition coefficient (Wildman–Crippen LogP) is 2.58. The normalized spacial score (nSPS) is 18.6. The van der Waals surface area contributed by atoms with Crippen molar-refractivity contribution in [1.29, 1.82) is 0 Å².